The molecule has 1 aliphatic rings. The predicted octanol–water partition coefficient (Wildman–Crippen LogP) is 0.987. The van der Waals surface area contributed by atoms with Gasteiger partial charge in [-0.25, -0.2) is 0 Å². The van der Waals surface area contributed by atoms with Gasteiger partial charge in [-0.1, -0.05) is 11.6 Å². The Kier molecular flexibility index (Phi) is 3.60. The Labute approximate surface area is 69.1 Å². The fraction of sp³-hybridized carbons (Fsp3) is 0.778. The van der Waals surface area contributed by atoms with Crippen LogP contribution in [0.3, 0.4) is 0 Å². The molecule has 0 atom stereocenters. The van der Waals surface area contributed by atoms with Crippen LogP contribution in [0.4, 0.5) is 0 Å². The van der Waals surface area contributed by atoms with E-state index in [1.165, 1.54) is 32.4 Å². The monoisotopic (exact) mass is 154 g/mol. The summed E-state index contributed by atoms with van der Waals surface area (Å²) in [6.07, 6.45) is 5.94. The molecule has 1 aliphatic heterocycles. The third-order valence-electron chi connectivity index (χ3n) is 2.26. The summed E-state index contributed by atoms with van der Waals surface area (Å²) >= 11 is 0. The van der Waals surface area contributed by atoms with E-state index in [1.807, 2.05) is 0 Å². The number of likely N-dealkylation sites (tertiary alicyclic amines) is 1. The summed E-state index contributed by atoms with van der Waals surface area (Å²) in [5, 5.41) is 0. The molecule has 1 fully saturated rings. The molecule has 1 rings (SSSR count). The molecule has 0 saturated carbocycles. The number of hydrogen-bond acceptors (Lipinski definition) is 2. The van der Waals surface area contributed by atoms with E-state index in [0.717, 1.165) is 0 Å². The lowest BCUT2D eigenvalue weighted by Crippen LogP contribution is -2.18. The minimum absolute atomic E-state index is 0.707. The minimum atomic E-state index is 0.707. The molecule has 1 heterocycles. The van der Waals surface area contributed by atoms with Crippen LogP contribution in [0.15, 0.2) is 11.6 Å². The molecule has 0 bridgehead atoms. The van der Waals surface area contributed by atoms with Gasteiger partial charge in [-0.3, -0.25) is 0 Å². The molecule has 0 amide bonds. The second kappa shape index (κ2) is 4.52. The van der Waals surface area contributed by atoms with Crippen molar-refractivity contribution >= 4 is 0 Å². The highest BCUT2D eigenvalue weighted by Gasteiger charge is 2.06. The third-order valence-corrected chi connectivity index (χ3v) is 2.26. The predicted molar refractivity (Wildman–Crippen MR) is 48.5 cm³/mol. The molecule has 2 nitrogen and oxygen atoms in total. The van der Waals surface area contributed by atoms with Gasteiger partial charge < -0.3 is 10.6 Å². The van der Waals surface area contributed by atoms with Crippen LogP contribution >= 0.6 is 0 Å². The highest BCUT2D eigenvalue weighted by Crippen LogP contribution is 2.14. The third kappa shape index (κ3) is 3.04. The molecule has 1 saturated heterocycles. The zero-order valence-electron chi connectivity index (χ0n) is 7.34. The summed E-state index contributed by atoms with van der Waals surface area (Å²) < 4.78 is 0. The molecular weight excluding hydrogens is 136 g/mol. The van der Waals surface area contributed by atoms with Crippen molar-refractivity contribution in [2.75, 3.05) is 26.7 Å². The van der Waals surface area contributed by atoms with Crippen LogP contribution in [0, 0.1) is 0 Å². The van der Waals surface area contributed by atoms with E-state index in [0.29, 0.717) is 6.54 Å². The van der Waals surface area contributed by atoms with Crippen molar-refractivity contribution < 1.29 is 0 Å². The molecule has 0 spiro atoms. The quantitative estimate of drug-likeness (QED) is 0.571. The standard InChI is InChI=1S/C9H18N2/c1-11-7-2-3-9(4-6-10)5-8-11/h4H,2-3,5-8,10H2,1H3. The summed E-state index contributed by atoms with van der Waals surface area (Å²) in [6, 6.07) is 0. The molecule has 0 aromatic rings. The normalized spacial score (nSPS) is 25.5. The number of rotatable bonds is 1. The maximum Gasteiger partial charge on any atom is 0.0109 e. The molecule has 2 heteroatoms. The average molecular weight is 154 g/mol. The minimum Gasteiger partial charge on any atom is -0.327 e. The molecular formula is C9H18N2. The number of nitrogens with two attached hydrogens (primary N) is 1. The molecule has 64 valence electrons. The highest BCUT2D eigenvalue weighted by molar-refractivity contribution is 5.04. The maximum atomic E-state index is 5.46. The Morgan fingerprint density at radius 2 is 2.27 bits per heavy atom. The van der Waals surface area contributed by atoms with E-state index < -0.39 is 0 Å². The fourth-order valence-electron chi connectivity index (χ4n) is 1.52. The summed E-state index contributed by atoms with van der Waals surface area (Å²) in [5.41, 5.74) is 7.01. The molecule has 0 radical (unpaired) electrons. The lowest BCUT2D eigenvalue weighted by atomic mass is 10.1. The summed E-state index contributed by atoms with van der Waals surface area (Å²) in [7, 11) is 2.19. The van der Waals surface area contributed by atoms with E-state index in [2.05, 4.69) is 18.0 Å². The van der Waals surface area contributed by atoms with Gasteiger partial charge in [0.05, 0.1) is 0 Å². The van der Waals surface area contributed by atoms with Crippen LogP contribution in [0.5, 0.6) is 0 Å². The maximum absolute atomic E-state index is 5.46. The fourth-order valence-corrected chi connectivity index (χ4v) is 1.52. The van der Waals surface area contributed by atoms with Crippen LogP contribution in [-0.4, -0.2) is 31.6 Å². The molecule has 2 N–H and O–H groups in total. The Hall–Kier alpha value is -0.340. The molecule has 11 heavy (non-hydrogen) atoms. The zero-order chi connectivity index (χ0) is 8.10. The van der Waals surface area contributed by atoms with Gasteiger partial charge in [0.15, 0.2) is 0 Å². The van der Waals surface area contributed by atoms with Gasteiger partial charge in [0, 0.05) is 13.1 Å². The first-order chi connectivity index (χ1) is 5.33. The Morgan fingerprint density at radius 1 is 1.45 bits per heavy atom. The molecule has 0 unspecified atom stereocenters. The van der Waals surface area contributed by atoms with E-state index in [9.17, 15) is 0 Å². The smallest absolute Gasteiger partial charge is 0.0109 e. The van der Waals surface area contributed by atoms with Crippen molar-refractivity contribution in [1.29, 1.82) is 0 Å². The van der Waals surface area contributed by atoms with Gasteiger partial charge in [-0.15, -0.1) is 0 Å². The average Bonchev–Trinajstić information content (AvgIpc) is 2.17. The lowest BCUT2D eigenvalue weighted by molar-refractivity contribution is 0.351. The summed E-state index contributed by atoms with van der Waals surface area (Å²) in [5.74, 6) is 0. The highest BCUT2D eigenvalue weighted by atomic mass is 15.1. The lowest BCUT2D eigenvalue weighted by Gasteiger charge is -2.10. The van der Waals surface area contributed by atoms with Gasteiger partial charge in [0.25, 0.3) is 0 Å². The summed E-state index contributed by atoms with van der Waals surface area (Å²) in [4.78, 5) is 2.39. The van der Waals surface area contributed by atoms with Gasteiger partial charge in [0.1, 0.15) is 0 Å². The van der Waals surface area contributed by atoms with Crippen LogP contribution in [0.25, 0.3) is 0 Å². The van der Waals surface area contributed by atoms with Gasteiger partial charge in [0.2, 0.25) is 0 Å². The van der Waals surface area contributed by atoms with E-state index in [-0.39, 0.29) is 0 Å². The van der Waals surface area contributed by atoms with Crippen LogP contribution < -0.4 is 5.73 Å². The van der Waals surface area contributed by atoms with E-state index >= 15 is 0 Å². The van der Waals surface area contributed by atoms with E-state index in [4.69, 9.17) is 5.73 Å². The van der Waals surface area contributed by atoms with Gasteiger partial charge >= 0.3 is 0 Å². The molecule has 0 aromatic heterocycles. The van der Waals surface area contributed by atoms with Crippen molar-refractivity contribution in [2.24, 2.45) is 5.73 Å². The first-order valence-corrected chi connectivity index (χ1v) is 4.39. The Morgan fingerprint density at radius 3 is 3.00 bits per heavy atom. The first kappa shape index (κ1) is 8.75. The zero-order valence-corrected chi connectivity index (χ0v) is 7.34. The van der Waals surface area contributed by atoms with Gasteiger partial charge in [-0.2, -0.15) is 0 Å². The van der Waals surface area contributed by atoms with Crippen molar-refractivity contribution in [3.05, 3.63) is 11.6 Å². The molecule has 0 aliphatic carbocycles. The van der Waals surface area contributed by atoms with Crippen molar-refractivity contribution in [1.82, 2.24) is 4.90 Å². The molecule has 0 aromatic carbocycles. The number of nitrogens with zero attached hydrogens (tertiary/aromatic N) is 1. The number of hydrogen-bond donors (Lipinski definition) is 1. The van der Waals surface area contributed by atoms with Crippen LogP contribution in [-0.2, 0) is 0 Å². The van der Waals surface area contributed by atoms with E-state index in [1.54, 1.807) is 5.57 Å². The van der Waals surface area contributed by atoms with Crippen molar-refractivity contribution in [2.45, 2.75) is 19.3 Å². The van der Waals surface area contributed by atoms with Crippen molar-refractivity contribution in [3.8, 4) is 0 Å². The Bertz CT molecular complexity index is 140. The van der Waals surface area contributed by atoms with Crippen LogP contribution in [0.2, 0.25) is 0 Å². The van der Waals surface area contributed by atoms with Gasteiger partial charge in [-0.05, 0) is 32.9 Å². The topological polar surface area (TPSA) is 29.3 Å². The van der Waals surface area contributed by atoms with Crippen LogP contribution in [0.1, 0.15) is 19.3 Å². The first-order valence-electron chi connectivity index (χ1n) is 4.39. The second-order valence-corrected chi connectivity index (χ2v) is 3.25. The SMILES string of the molecule is CN1CCCC(=CCN)CC1. The summed E-state index contributed by atoms with van der Waals surface area (Å²) in [6.45, 7) is 3.15. The largest absolute Gasteiger partial charge is 0.327 e. The van der Waals surface area contributed by atoms with Crippen molar-refractivity contribution in [3.63, 3.8) is 0 Å². The second-order valence-electron chi connectivity index (χ2n) is 3.25. The Balaban J connectivity index is 2.40.